The molecule has 3 rings (SSSR count). The maximum Gasteiger partial charge on any atom is 0.223 e. The van der Waals surface area contributed by atoms with Crippen molar-refractivity contribution in [1.29, 1.82) is 0 Å². The van der Waals surface area contributed by atoms with Gasteiger partial charge in [0, 0.05) is 31.5 Å². The van der Waals surface area contributed by atoms with E-state index < -0.39 is 0 Å². The quantitative estimate of drug-likeness (QED) is 0.886. The number of nitrogens with zero attached hydrogens (tertiary/aromatic N) is 2. The molecule has 1 aliphatic heterocycles. The van der Waals surface area contributed by atoms with Crippen LogP contribution >= 0.6 is 0 Å². The number of oxazole rings is 1. The molecule has 0 radical (unpaired) electrons. The number of hydrogen-bond donors (Lipinski definition) is 1. The summed E-state index contributed by atoms with van der Waals surface area (Å²) in [4.78, 5) is 18.7. The lowest BCUT2D eigenvalue weighted by molar-refractivity contribution is -0.133. The van der Waals surface area contributed by atoms with E-state index >= 15 is 0 Å². The van der Waals surface area contributed by atoms with Gasteiger partial charge in [0.05, 0.1) is 6.20 Å². The lowest BCUT2D eigenvalue weighted by atomic mass is 9.97. The first-order valence-corrected chi connectivity index (χ1v) is 8.69. The lowest BCUT2D eigenvalue weighted by Crippen LogP contribution is -2.42. The number of benzene rings is 1. The number of aromatic nitrogens is 1. The number of nitrogens with one attached hydrogen (secondary N) is 1. The normalized spacial score (nSPS) is 17.9. The van der Waals surface area contributed by atoms with Crippen molar-refractivity contribution in [3.05, 3.63) is 42.4 Å². The second kappa shape index (κ2) is 8.11. The van der Waals surface area contributed by atoms with Crippen LogP contribution in [0.1, 0.15) is 25.2 Å². The minimum absolute atomic E-state index is 0.204. The van der Waals surface area contributed by atoms with Gasteiger partial charge in [0.15, 0.2) is 11.7 Å². The van der Waals surface area contributed by atoms with Crippen LogP contribution in [0.5, 0.6) is 0 Å². The summed E-state index contributed by atoms with van der Waals surface area (Å²) in [5, 5.41) is 3.21. The van der Waals surface area contributed by atoms with Crippen LogP contribution in [0.15, 0.2) is 40.9 Å². The number of piperidine rings is 1. The Morgan fingerprint density at radius 3 is 3.00 bits per heavy atom. The Labute approximate surface area is 143 Å². The predicted molar refractivity (Wildman–Crippen MR) is 93.5 cm³/mol. The van der Waals surface area contributed by atoms with Crippen molar-refractivity contribution < 1.29 is 9.21 Å². The number of rotatable bonds is 6. The summed E-state index contributed by atoms with van der Waals surface area (Å²) >= 11 is 0. The molecule has 1 aromatic carbocycles. The molecule has 5 nitrogen and oxygen atoms in total. The molecular weight excluding hydrogens is 302 g/mol. The molecule has 0 saturated carbocycles. The molecule has 1 unspecified atom stereocenters. The molecule has 0 spiro atoms. The Morgan fingerprint density at radius 2 is 2.21 bits per heavy atom. The van der Waals surface area contributed by atoms with Crippen LogP contribution in [-0.2, 0) is 11.2 Å². The Bertz CT molecular complexity index is 652. The molecule has 128 valence electrons. The molecule has 1 amide bonds. The van der Waals surface area contributed by atoms with Gasteiger partial charge in [0.25, 0.3) is 0 Å². The maximum atomic E-state index is 12.4. The van der Waals surface area contributed by atoms with Crippen molar-refractivity contribution in [3.63, 3.8) is 0 Å². The van der Waals surface area contributed by atoms with E-state index in [0.29, 0.717) is 24.7 Å². The molecule has 1 N–H and O–H groups in total. The summed E-state index contributed by atoms with van der Waals surface area (Å²) < 4.78 is 5.78. The fourth-order valence-electron chi connectivity index (χ4n) is 3.28. The van der Waals surface area contributed by atoms with E-state index in [1.165, 1.54) is 6.42 Å². The number of amides is 1. The van der Waals surface area contributed by atoms with Crippen molar-refractivity contribution >= 4 is 5.91 Å². The molecule has 24 heavy (non-hydrogen) atoms. The summed E-state index contributed by atoms with van der Waals surface area (Å²) in [6, 6.07) is 9.90. The SMILES string of the molecule is CNCC1CCCN(C(=O)CCc2ncc(-c3ccccc3)o2)C1. The zero-order chi connectivity index (χ0) is 16.8. The average molecular weight is 327 g/mol. The summed E-state index contributed by atoms with van der Waals surface area (Å²) in [7, 11) is 1.97. The third-order valence-electron chi connectivity index (χ3n) is 4.53. The first kappa shape index (κ1) is 16.7. The third-order valence-corrected chi connectivity index (χ3v) is 4.53. The summed E-state index contributed by atoms with van der Waals surface area (Å²) in [6.07, 6.45) is 5.04. The first-order valence-electron chi connectivity index (χ1n) is 8.69. The van der Waals surface area contributed by atoms with Crippen LogP contribution in [0, 0.1) is 5.92 Å². The molecule has 0 bridgehead atoms. The number of carbonyl (C=O) groups is 1. The Hall–Kier alpha value is -2.14. The lowest BCUT2D eigenvalue weighted by Gasteiger charge is -2.32. The molecule has 2 heterocycles. The number of hydrogen-bond acceptors (Lipinski definition) is 4. The molecule has 1 atom stereocenters. The topological polar surface area (TPSA) is 58.4 Å². The number of carbonyl (C=O) groups excluding carboxylic acids is 1. The number of likely N-dealkylation sites (tertiary alicyclic amines) is 1. The highest BCUT2D eigenvalue weighted by atomic mass is 16.4. The highest BCUT2D eigenvalue weighted by molar-refractivity contribution is 5.76. The van der Waals surface area contributed by atoms with E-state index in [1.54, 1.807) is 6.20 Å². The molecule has 0 aliphatic carbocycles. The standard InChI is InChI=1S/C19H25N3O2/c1-20-12-15-6-5-11-22(14-15)19(23)10-9-18-21-13-17(24-18)16-7-3-2-4-8-16/h2-4,7-8,13,15,20H,5-6,9-12,14H2,1H3. The van der Waals surface area contributed by atoms with Crippen LogP contribution in [0.25, 0.3) is 11.3 Å². The highest BCUT2D eigenvalue weighted by Crippen LogP contribution is 2.21. The fourth-order valence-corrected chi connectivity index (χ4v) is 3.28. The van der Waals surface area contributed by atoms with Crippen LogP contribution in [-0.4, -0.2) is 42.5 Å². The van der Waals surface area contributed by atoms with E-state index in [9.17, 15) is 4.79 Å². The minimum Gasteiger partial charge on any atom is -0.441 e. The van der Waals surface area contributed by atoms with Gasteiger partial charge in [-0.3, -0.25) is 4.79 Å². The van der Waals surface area contributed by atoms with E-state index in [1.807, 2.05) is 42.3 Å². The Balaban J connectivity index is 1.52. The Kier molecular flexibility index (Phi) is 5.64. The van der Waals surface area contributed by atoms with Crippen LogP contribution in [0.4, 0.5) is 0 Å². The maximum absolute atomic E-state index is 12.4. The summed E-state index contributed by atoms with van der Waals surface area (Å²) in [6.45, 7) is 2.71. The van der Waals surface area contributed by atoms with E-state index in [-0.39, 0.29) is 5.91 Å². The zero-order valence-corrected chi connectivity index (χ0v) is 14.2. The van der Waals surface area contributed by atoms with Gasteiger partial charge in [0.1, 0.15) is 0 Å². The molecule has 2 aromatic rings. The molecule has 1 fully saturated rings. The van der Waals surface area contributed by atoms with E-state index in [4.69, 9.17) is 4.42 Å². The van der Waals surface area contributed by atoms with Crippen molar-refractivity contribution in [1.82, 2.24) is 15.2 Å². The second-order valence-corrected chi connectivity index (χ2v) is 6.39. The van der Waals surface area contributed by atoms with Gasteiger partial charge in [-0.2, -0.15) is 0 Å². The van der Waals surface area contributed by atoms with Gasteiger partial charge in [-0.25, -0.2) is 4.98 Å². The van der Waals surface area contributed by atoms with Gasteiger partial charge in [-0.1, -0.05) is 30.3 Å². The van der Waals surface area contributed by atoms with Gasteiger partial charge in [0.2, 0.25) is 5.91 Å². The summed E-state index contributed by atoms with van der Waals surface area (Å²) in [5.74, 6) is 2.16. The van der Waals surface area contributed by atoms with Gasteiger partial charge in [-0.05, 0) is 32.4 Å². The number of aryl methyl sites for hydroxylation is 1. The van der Waals surface area contributed by atoms with Crippen molar-refractivity contribution in [3.8, 4) is 11.3 Å². The van der Waals surface area contributed by atoms with Crippen molar-refractivity contribution in [2.24, 2.45) is 5.92 Å². The highest BCUT2D eigenvalue weighted by Gasteiger charge is 2.23. The van der Waals surface area contributed by atoms with Crippen LogP contribution < -0.4 is 5.32 Å². The zero-order valence-electron chi connectivity index (χ0n) is 14.2. The largest absolute Gasteiger partial charge is 0.441 e. The molecule has 5 heteroatoms. The smallest absolute Gasteiger partial charge is 0.223 e. The molecule has 1 aliphatic rings. The Morgan fingerprint density at radius 1 is 1.38 bits per heavy atom. The average Bonchev–Trinajstić information content (AvgIpc) is 3.10. The van der Waals surface area contributed by atoms with Gasteiger partial charge in [-0.15, -0.1) is 0 Å². The third kappa shape index (κ3) is 4.23. The minimum atomic E-state index is 0.204. The second-order valence-electron chi connectivity index (χ2n) is 6.39. The molecule has 1 saturated heterocycles. The van der Waals surface area contributed by atoms with E-state index in [2.05, 4.69) is 10.3 Å². The monoisotopic (exact) mass is 327 g/mol. The van der Waals surface area contributed by atoms with Crippen LogP contribution in [0.2, 0.25) is 0 Å². The first-order chi connectivity index (χ1) is 11.8. The van der Waals surface area contributed by atoms with Crippen molar-refractivity contribution in [2.45, 2.75) is 25.7 Å². The predicted octanol–water partition coefficient (Wildman–Crippen LogP) is 2.73. The molecular formula is C19H25N3O2. The fraction of sp³-hybridized carbons (Fsp3) is 0.474. The van der Waals surface area contributed by atoms with Gasteiger partial charge >= 0.3 is 0 Å². The van der Waals surface area contributed by atoms with E-state index in [0.717, 1.165) is 37.4 Å². The van der Waals surface area contributed by atoms with Crippen molar-refractivity contribution in [2.75, 3.05) is 26.7 Å². The molecule has 1 aromatic heterocycles. The summed E-state index contributed by atoms with van der Waals surface area (Å²) in [5.41, 5.74) is 1.01. The van der Waals surface area contributed by atoms with Crippen LogP contribution in [0.3, 0.4) is 0 Å². The van der Waals surface area contributed by atoms with Gasteiger partial charge < -0.3 is 14.6 Å².